The summed E-state index contributed by atoms with van der Waals surface area (Å²) in [5.41, 5.74) is 0.136. The minimum atomic E-state index is -1.32. The summed E-state index contributed by atoms with van der Waals surface area (Å²) in [4.78, 5) is 55.5. The molecule has 3 aliphatic rings. The number of hydrogen-bond acceptors (Lipinski definition) is 4. The van der Waals surface area contributed by atoms with Crippen molar-refractivity contribution >= 4 is 90.2 Å². The molecule has 1 aliphatic heterocycles. The summed E-state index contributed by atoms with van der Waals surface area (Å²) >= 11 is 25.6. The van der Waals surface area contributed by atoms with Crippen LogP contribution < -0.4 is 0 Å². The highest BCUT2D eigenvalue weighted by molar-refractivity contribution is 9.12. The molecule has 6 nitrogen and oxygen atoms in total. The monoisotopic (exact) mass is 706 g/mol. The first-order valence-corrected chi connectivity index (χ1v) is 15.0. The lowest BCUT2D eigenvalue weighted by Crippen LogP contribution is -2.58. The fraction of sp³-hybridized carbons (Fsp3) is 0.385. The first kappa shape index (κ1) is 28.0. The quantitative estimate of drug-likeness (QED) is 0.197. The Bertz CT molecular complexity index is 1300. The van der Waals surface area contributed by atoms with Crippen LogP contribution in [0.1, 0.15) is 33.6 Å². The van der Waals surface area contributed by atoms with Crippen molar-refractivity contribution in [3.05, 3.63) is 69.5 Å². The summed E-state index contributed by atoms with van der Waals surface area (Å²) in [6, 6.07) is 7.64. The Morgan fingerprint density at radius 2 is 1.50 bits per heavy atom. The van der Waals surface area contributed by atoms with E-state index < -0.39 is 47.2 Å². The third-order valence-electron chi connectivity index (χ3n) is 7.66. The molecule has 200 valence electrons. The van der Waals surface area contributed by atoms with Crippen molar-refractivity contribution in [3.63, 3.8) is 0 Å². The van der Waals surface area contributed by atoms with Gasteiger partial charge in [0.15, 0.2) is 5.78 Å². The van der Waals surface area contributed by atoms with Crippen molar-refractivity contribution in [1.82, 2.24) is 10.0 Å². The Balaban J connectivity index is 1.61. The van der Waals surface area contributed by atoms with E-state index in [0.29, 0.717) is 6.42 Å². The van der Waals surface area contributed by atoms with Crippen LogP contribution in [0.3, 0.4) is 0 Å². The molecule has 2 aromatic rings. The number of imide groups is 1. The fourth-order valence-electron chi connectivity index (χ4n) is 5.95. The second-order valence-corrected chi connectivity index (χ2v) is 12.9. The van der Waals surface area contributed by atoms with Crippen LogP contribution >= 0.6 is 66.7 Å². The number of benzene rings is 2. The summed E-state index contributed by atoms with van der Waals surface area (Å²) in [5.74, 6) is -4.46. The van der Waals surface area contributed by atoms with Gasteiger partial charge in [-0.05, 0) is 67.1 Å². The number of rotatable bonds is 7. The summed E-state index contributed by atoms with van der Waals surface area (Å²) < 4.78 is 13.6. The SMILES string of the molecule is O=C(c1ccc(F)cc1)[C@H](CCCl)N(C(=O)c1ccc(Cl)c(Cl)c1)N1C(=O)[C@@H]2[C@H]3C[C@@H]([C@H](Br)[C@H]3Br)[C@@H]2C1=O. The average molecular weight is 710 g/mol. The molecular weight excluding hydrogens is 689 g/mol. The summed E-state index contributed by atoms with van der Waals surface area (Å²) in [7, 11) is 0. The lowest BCUT2D eigenvalue weighted by Gasteiger charge is -2.36. The largest absolute Gasteiger partial charge is 0.292 e. The van der Waals surface area contributed by atoms with Crippen LogP contribution in [0.25, 0.3) is 0 Å². The number of ketones is 1. The topological polar surface area (TPSA) is 74.8 Å². The molecule has 1 saturated heterocycles. The standard InChI is InChI=1S/C26H20Br2Cl3FN2O4/c27-21-14-10-15(22(21)28)20-19(14)25(37)34(26(20)38)33(24(36)12-3-6-16(30)17(31)9-12)18(7-8-29)23(35)11-1-4-13(32)5-2-11/h1-6,9,14-15,18-22H,7-8,10H2/t14-,15-,18+,19-,20+,21+,22+/m1/s1. The maximum absolute atomic E-state index is 14.0. The van der Waals surface area contributed by atoms with Crippen molar-refractivity contribution in [3.8, 4) is 0 Å². The van der Waals surface area contributed by atoms with E-state index in [2.05, 4.69) is 31.9 Å². The van der Waals surface area contributed by atoms with Gasteiger partial charge in [-0.1, -0.05) is 55.1 Å². The smallest absolute Gasteiger partial charge is 0.273 e. The minimum absolute atomic E-state index is 0.0100. The molecule has 0 unspecified atom stereocenters. The normalized spacial score (nSPS) is 28.5. The van der Waals surface area contributed by atoms with E-state index in [0.717, 1.165) is 22.2 Å². The van der Waals surface area contributed by atoms with E-state index in [4.69, 9.17) is 34.8 Å². The van der Waals surface area contributed by atoms with E-state index in [-0.39, 0.29) is 55.0 Å². The Morgan fingerprint density at radius 3 is 2.03 bits per heavy atom. The second kappa shape index (κ2) is 10.8. The van der Waals surface area contributed by atoms with Crippen LogP contribution in [0.4, 0.5) is 4.39 Å². The number of amides is 3. The number of halogens is 6. The molecule has 2 bridgehead atoms. The highest BCUT2D eigenvalue weighted by atomic mass is 79.9. The van der Waals surface area contributed by atoms with Gasteiger partial charge in [0.1, 0.15) is 11.9 Å². The molecule has 5 rings (SSSR count). The van der Waals surface area contributed by atoms with Crippen molar-refractivity contribution in [1.29, 1.82) is 0 Å². The molecule has 3 fully saturated rings. The third kappa shape index (κ3) is 4.52. The number of carbonyl (C=O) groups is 4. The Labute approximate surface area is 250 Å². The molecule has 7 atom stereocenters. The number of hydrogen-bond donors (Lipinski definition) is 0. The van der Waals surface area contributed by atoms with Gasteiger partial charge in [0.25, 0.3) is 17.7 Å². The highest BCUT2D eigenvalue weighted by Crippen LogP contribution is 2.60. The number of Topliss-reactive ketones (excluding diaryl/α,β-unsaturated/α-hetero) is 1. The summed E-state index contributed by atoms with van der Waals surface area (Å²) in [5, 5.41) is 2.06. The number of nitrogens with zero attached hydrogens (tertiary/aromatic N) is 2. The molecule has 2 aliphatic carbocycles. The Hall–Kier alpha value is -1.52. The summed E-state index contributed by atoms with van der Waals surface area (Å²) in [6.07, 6.45) is 0.638. The van der Waals surface area contributed by atoms with E-state index in [1.165, 1.54) is 30.3 Å². The van der Waals surface area contributed by atoms with Crippen LogP contribution in [0.5, 0.6) is 0 Å². The van der Waals surface area contributed by atoms with Crippen LogP contribution in [-0.4, -0.2) is 55.1 Å². The van der Waals surface area contributed by atoms with Gasteiger partial charge in [0.05, 0.1) is 21.9 Å². The van der Waals surface area contributed by atoms with Gasteiger partial charge < -0.3 is 0 Å². The third-order valence-corrected chi connectivity index (χ3v) is 11.8. The minimum Gasteiger partial charge on any atom is -0.292 e. The summed E-state index contributed by atoms with van der Waals surface area (Å²) in [6.45, 7) is 0. The number of fused-ring (bicyclic) bond motifs is 5. The van der Waals surface area contributed by atoms with Crippen LogP contribution in [-0.2, 0) is 9.59 Å². The van der Waals surface area contributed by atoms with Gasteiger partial charge in [-0.15, -0.1) is 11.6 Å². The number of hydrazine groups is 1. The van der Waals surface area contributed by atoms with Crippen molar-refractivity contribution < 1.29 is 23.6 Å². The van der Waals surface area contributed by atoms with Gasteiger partial charge in [-0.2, -0.15) is 5.01 Å². The lowest BCUT2D eigenvalue weighted by atomic mass is 9.81. The number of carbonyl (C=O) groups excluding carboxylic acids is 4. The van der Waals surface area contributed by atoms with E-state index in [1.54, 1.807) is 0 Å². The molecule has 12 heteroatoms. The predicted octanol–water partition coefficient (Wildman–Crippen LogP) is 6.15. The molecule has 1 heterocycles. The maximum Gasteiger partial charge on any atom is 0.273 e. The van der Waals surface area contributed by atoms with Gasteiger partial charge in [0.2, 0.25) is 0 Å². The fourth-order valence-corrected chi connectivity index (χ4v) is 8.33. The Kier molecular flexibility index (Phi) is 7.97. The lowest BCUT2D eigenvalue weighted by molar-refractivity contribution is -0.157. The van der Waals surface area contributed by atoms with Crippen LogP contribution in [0.15, 0.2) is 42.5 Å². The maximum atomic E-state index is 14.0. The average Bonchev–Trinajstić information content (AvgIpc) is 3.51. The van der Waals surface area contributed by atoms with E-state index in [1.807, 2.05) is 0 Å². The van der Waals surface area contributed by atoms with Crippen molar-refractivity contribution in [2.24, 2.45) is 23.7 Å². The first-order chi connectivity index (χ1) is 18.1. The van der Waals surface area contributed by atoms with Gasteiger partial charge in [0, 0.05) is 26.7 Å². The molecule has 2 aromatic carbocycles. The van der Waals surface area contributed by atoms with E-state index in [9.17, 15) is 23.6 Å². The molecular formula is C26H20Br2Cl3FN2O4. The highest BCUT2D eigenvalue weighted by Gasteiger charge is 2.68. The molecule has 0 N–H and O–H groups in total. The molecule has 0 aromatic heterocycles. The zero-order valence-corrected chi connectivity index (χ0v) is 24.9. The molecule has 38 heavy (non-hydrogen) atoms. The van der Waals surface area contributed by atoms with Crippen LogP contribution in [0.2, 0.25) is 10.0 Å². The number of alkyl halides is 3. The molecule has 0 spiro atoms. The predicted molar refractivity (Wildman–Crippen MR) is 148 cm³/mol. The zero-order valence-electron chi connectivity index (χ0n) is 19.5. The van der Waals surface area contributed by atoms with Crippen molar-refractivity contribution in [2.45, 2.75) is 28.5 Å². The second-order valence-electron chi connectivity index (χ2n) is 9.64. The van der Waals surface area contributed by atoms with Gasteiger partial charge in [-0.25, -0.2) is 9.40 Å². The van der Waals surface area contributed by atoms with E-state index >= 15 is 0 Å². The first-order valence-electron chi connectivity index (χ1n) is 11.9. The molecule has 0 radical (unpaired) electrons. The zero-order chi connectivity index (χ0) is 27.5. The Morgan fingerprint density at radius 1 is 0.947 bits per heavy atom. The van der Waals surface area contributed by atoms with Crippen LogP contribution in [0, 0.1) is 29.5 Å². The molecule has 3 amide bonds. The molecule has 2 saturated carbocycles. The van der Waals surface area contributed by atoms with Crippen molar-refractivity contribution in [2.75, 3.05) is 5.88 Å². The van der Waals surface area contributed by atoms with Gasteiger partial charge >= 0.3 is 0 Å². The van der Waals surface area contributed by atoms with Gasteiger partial charge in [-0.3, -0.25) is 19.2 Å².